The van der Waals surface area contributed by atoms with E-state index in [1.807, 2.05) is 50.2 Å². The molecule has 0 saturated heterocycles. The predicted octanol–water partition coefficient (Wildman–Crippen LogP) is 4.61. The summed E-state index contributed by atoms with van der Waals surface area (Å²) in [5.41, 5.74) is 2.62. The number of ether oxygens (including phenoxy) is 1. The SMILES string of the molecule is CC(C)Oc1ccc(NCc2cccc(C#N)c2)cc1Cl. The van der Waals surface area contributed by atoms with Gasteiger partial charge in [-0.05, 0) is 49.7 Å². The van der Waals surface area contributed by atoms with Crippen molar-refractivity contribution < 1.29 is 4.74 Å². The zero-order valence-electron chi connectivity index (χ0n) is 12.1. The zero-order chi connectivity index (χ0) is 15.2. The van der Waals surface area contributed by atoms with E-state index in [0.29, 0.717) is 22.9 Å². The van der Waals surface area contributed by atoms with Crippen LogP contribution in [-0.4, -0.2) is 6.10 Å². The Balaban J connectivity index is 2.03. The summed E-state index contributed by atoms with van der Waals surface area (Å²) in [6.07, 6.45) is 0.0926. The Morgan fingerprint density at radius 3 is 2.71 bits per heavy atom. The second kappa shape index (κ2) is 7.01. The van der Waals surface area contributed by atoms with E-state index in [1.165, 1.54) is 0 Å². The molecule has 0 amide bonds. The lowest BCUT2D eigenvalue weighted by molar-refractivity contribution is 0.242. The molecule has 2 rings (SSSR count). The molecule has 0 aliphatic rings. The molecule has 0 aliphatic heterocycles. The average Bonchev–Trinajstić information content (AvgIpc) is 2.47. The summed E-state index contributed by atoms with van der Waals surface area (Å²) in [5, 5.41) is 12.8. The first-order valence-corrected chi connectivity index (χ1v) is 7.15. The highest BCUT2D eigenvalue weighted by Crippen LogP contribution is 2.28. The number of benzene rings is 2. The summed E-state index contributed by atoms with van der Waals surface area (Å²) >= 11 is 6.19. The Morgan fingerprint density at radius 2 is 2.05 bits per heavy atom. The van der Waals surface area contributed by atoms with Crippen LogP contribution < -0.4 is 10.1 Å². The number of anilines is 1. The van der Waals surface area contributed by atoms with Crippen molar-refractivity contribution in [3.8, 4) is 11.8 Å². The van der Waals surface area contributed by atoms with Crippen molar-refractivity contribution in [2.75, 3.05) is 5.32 Å². The molecule has 0 spiro atoms. The van der Waals surface area contributed by atoms with Crippen LogP contribution in [-0.2, 0) is 6.54 Å². The largest absolute Gasteiger partial charge is 0.489 e. The number of halogens is 1. The number of nitriles is 1. The number of hydrogen-bond donors (Lipinski definition) is 1. The number of rotatable bonds is 5. The third kappa shape index (κ3) is 4.40. The molecule has 0 aromatic heterocycles. The van der Waals surface area contributed by atoms with E-state index in [-0.39, 0.29) is 6.10 Å². The molecule has 4 heteroatoms. The smallest absolute Gasteiger partial charge is 0.138 e. The molecule has 0 atom stereocenters. The van der Waals surface area contributed by atoms with Crippen molar-refractivity contribution >= 4 is 17.3 Å². The van der Waals surface area contributed by atoms with E-state index in [4.69, 9.17) is 21.6 Å². The minimum Gasteiger partial charge on any atom is -0.489 e. The van der Waals surface area contributed by atoms with Gasteiger partial charge in [-0.15, -0.1) is 0 Å². The molecule has 0 unspecified atom stereocenters. The molecule has 0 bridgehead atoms. The maximum absolute atomic E-state index is 8.88. The van der Waals surface area contributed by atoms with Crippen LogP contribution in [0.1, 0.15) is 25.0 Å². The molecule has 0 fully saturated rings. The fourth-order valence-corrected chi connectivity index (χ4v) is 2.14. The Hall–Kier alpha value is -2.18. The fourth-order valence-electron chi connectivity index (χ4n) is 1.92. The molecule has 2 aromatic carbocycles. The van der Waals surface area contributed by atoms with E-state index in [9.17, 15) is 0 Å². The van der Waals surface area contributed by atoms with Crippen LogP contribution in [0.2, 0.25) is 5.02 Å². The van der Waals surface area contributed by atoms with Gasteiger partial charge in [0.15, 0.2) is 0 Å². The first-order valence-electron chi connectivity index (χ1n) is 6.77. The maximum Gasteiger partial charge on any atom is 0.138 e. The van der Waals surface area contributed by atoms with Gasteiger partial charge in [0.25, 0.3) is 0 Å². The van der Waals surface area contributed by atoms with Crippen molar-refractivity contribution in [1.82, 2.24) is 0 Å². The lowest BCUT2D eigenvalue weighted by Crippen LogP contribution is -2.06. The Bertz CT molecular complexity index is 662. The zero-order valence-corrected chi connectivity index (χ0v) is 12.8. The molecule has 0 saturated carbocycles. The third-order valence-corrected chi connectivity index (χ3v) is 3.14. The van der Waals surface area contributed by atoms with Crippen LogP contribution in [0.5, 0.6) is 5.75 Å². The molecular formula is C17H17ClN2O. The van der Waals surface area contributed by atoms with Crippen LogP contribution in [0.4, 0.5) is 5.69 Å². The molecule has 1 N–H and O–H groups in total. The quantitative estimate of drug-likeness (QED) is 0.877. The Morgan fingerprint density at radius 1 is 1.24 bits per heavy atom. The highest BCUT2D eigenvalue weighted by molar-refractivity contribution is 6.32. The predicted molar refractivity (Wildman–Crippen MR) is 85.7 cm³/mol. The van der Waals surface area contributed by atoms with Crippen LogP contribution in [0.15, 0.2) is 42.5 Å². The Labute approximate surface area is 130 Å². The van der Waals surface area contributed by atoms with Crippen molar-refractivity contribution in [1.29, 1.82) is 5.26 Å². The van der Waals surface area contributed by atoms with E-state index in [0.717, 1.165) is 11.3 Å². The average molecular weight is 301 g/mol. The highest BCUT2D eigenvalue weighted by Gasteiger charge is 2.05. The second-order valence-electron chi connectivity index (χ2n) is 4.98. The standard InChI is InChI=1S/C17H17ClN2O/c1-12(2)21-17-7-6-15(9-16(17)18)20-11-14-5-3-4-13(8-14)10-19/h3-9,12,20H,11H2,1-2H3. The summed E-state index contributed by atoms with van der Waals surface area (Å²) in [5.74, 6) is 0.684. The van der Waals surface area contributed by atoms with Crippen molar-refractivity contribution in [3.63, 3.8) is 0 Å². The first-order chi connectivity index (χ1) is 10.1. The fraction of sp³-hybridized carbons (Fsp3) is 0.235. The van der Waals surface area contributed by atoms with E-state index in [1.54, 1.807) is 6.07 Å². The van der Waals surface area contributed by atoms with Gasteiger partial charge in [-0.25, -0.2) is 0 Å². The van der Waals surface area contributed by atoms with Crippen molar-refractivity contribution in [3.05, 3.63) is 58.6 Å². The summed E-state index contributed by atoms with van der Waals surface area (Å²) < 4.78 is 5.60. The third-order valence-electron chi connectivity index (χ3n) is 2.85. The maximum atomic E-state index is 8.88. The first kappa shape index (κ1) is 15.2. The molecular weight excluding hydrogens is 284 g/mol. The van der Waals surface area contributed by atoms with Gasteiger partial charge >= 0.3 is 0 Å². The summed E-state index contributed by atoms with van der Waals surface area (Å²) in [6, 6.07) is 15.3. The van der Waals surface area contributed by atoms with Gasteiger partial charge in [-0.3, -0.25) is 0 Å². The molecule has 0 radical (unpaired) electrons. The summed E-state index contributed by atoms with van der Waals surface area (Å²) in [4.78, 5) is 0. The van der Waals surface area contributed by atoms with Crippen LogP contribution in [0, 0.1) is 11.3 Å². The van der Waals surface area contributed by atoms with Crippen LogP contribution in [0.25, 0.3) is 0 Å². The molecule has 0 aliphatic carbocycles. The van der Waals surface area contributed by atoms with Gasteiger partial charge in [-0.2, -0.15) is 5.26 Å². The van der Waals surface area contributed by atoms with Gasteiger partial charge in [0.05, 0.1) is 22.8 Å². The monoisotopic (exact) mass is 300 g/mol. The number of nitrogens with zero attached hydrogens (tertiary/aromatic N) is 1. The Kier molecular flexibility index (Phi) is 5.08. The molecule has 3 nitrogen and oxygen atoms in total. The van der Waals surface area contributed by atoms with Gasteiger partial charge in [0.2, 0.25) is 0 Å². The van der Waals surface area contributed by atoms with Crippen LogP contribution >= 0.6 is 11.6 Å². The molecule has 21 heavy (non-hydrogen) atoms. The molecule has 2 aromatic rings. The lowest BCUT2D eigenvalue weighted by atomic mass is 10.1. The molecule has 108 valence electrons. The topological polar surface area (TPSA) is 45.0 Å². The highest BCUT2D eigenvalue weighted by atomic mass is 35.5. The van der Waals surface area contributed by atoms with Crippen molar-refractivity contribution in [2.24, 2.45) is 0 Å². The summed E-state index contributed by atoms with van der Waals surface area (Å²) in [7, 11) is 0. The number of nitrogens with one attached hydrogen (secondary N) is 1. The second-order valence-corrected chi connectivity index (χ2v) is 5.38. The van der Waals surface area contributed by atoms with Gasteiger partial charge in [0.1, 0.15) is 5.75 Å². The van der Waals surface area contributed by atoms with Gasteiger partial charge in [-0.1, -0.05) is 23.7 Å². The van der Waals surface area contributed by atoms with Crippen LogP contribution in [0.3, 0.4) is 0 Å². The summed E-state index contributed by atoms with van der Waals surface area (Å²) in [6.45, 7) is 4.56. The lowest BCUT2D eigenvalue weighted by Gasteiger charge is -2.13. The van der Waals surface area contributed by atoms with Crippen molar-refractivity contribution in [2.45, 2.75) is 26.5 Å². The van der Waals surface area contributed by atoms with E-state index < -0.39 is 0 Å². The van der Waals surface area contributed by atoms with Gasteiger partial charge in [0, 0.05) is 12.2 Å². The minimum atomic E-state index is 0.0926. The minimum absolute atomic E-state index is 0.0926. The number of hydrogen-bond acceptors (Lipinski definition) is 3. The normalized spacial score (nSPS) is 10.2. The van der Waals surface area contributed by atoms with Gasteiger partial charge < -0.3 is 10.1 Å². The van der Waals surface area contributed by atoms with E-state index >= 15 is 0 Å². The molecule has 0 heterocycles. The van der Waals surface area contributed by atoms with E-state index in [2.05, 4.69) is 11.4 Å².